The number of carbonyl (C=O) groups is 2. The molecular formula is C17H23NO3. The van der Waals surface area contributed by atoms with E-state index in [1.54, 1.807) is 17.9 Å². The van der Waals surface area contributed by atoms with E-state index in [0.29, 0.717) is 12.1 Å². The smallest absolute Gasteiger partial charge is 0.410 e. The number of ether oxygens (including phenoxy) is 1. The van der Waals surface area contributed by atoms with Crippen LogP contribution in [0.25, 0.3) is 0 Å². The Morgan fingerprint density at radius 1 is 1.29 bits per heavy atom. The minimum Gasteiger partial charge on any atom is -0.444 e. The van der Waals surface area contributed by atoms with Crippen molar-refractivity contribution < 1.29 is 14.3 Å². The summed E-state index contributed by atoms with van der Waals surface area (Å²) in [5.74, 6) is 0.0404. The fourth-order valence-corrected chi connectivity index (χ4v) is 2.62. The van der Waals surface area contributed by atoms with Crippen LogP contribution in [0.1, 0.15) is 62.5 Å². The van der Waals surface area contributed by atoms with Crippen molar-refractivity contribution >= 4 is 11.9 Å². The van der Waals surface area contributed by atoms with E-state index in [2.05, 4.69) is 0 Å². The summed E-state index contributed by atoms with van der Waals surface area (Å²) in [5.41, 5.74) is 1.19. The molecule has 2 rings (SSSR count). The first-order chi connectivity index (χ1) is 9.78. The maximum atomic E-state index is 12.3. The number of likely N-dealkylation sites (tertiary alicyclic amines) is 1. The maximum Gasteiger partial charge on any atom is 0.410 e. The minimum absolute atomic E-state index is 0.000787. The summed E-state index contributed by atoms with van der Waals surface area (Å²) in [5, 5.41) is 0. The van der Waals surface area contributed by atoms with Gasteiger partial charge in [0.15, 0.2) is 5.78 Å². The lowest BCUT2D eigenvalue weighted by atomic mass is 10.0. The van der Waals surface area contributed by atoms with Crippen molar-refractivity contribution in [1.82, 2.24) is 4.90 Å². The van der Waals surface area contributed by atoms with Gasteiger partial charge in [0.2, 0.25) is 0 Å². The molecule has 0 N–H and O–H groups in total. The third kappa shape index (κ3) is 3.84. The maximum absolute atomic E-state index is 12.3. The molecule has 1 fully saturated rings. The first kappa shape index (κ1) is 15.5. The number of rotatable bonds is 2. The molecule has 21 heavy (non-hydrogen) atoms. The standard InChI is InChI=1S/C17H23NO3/c1-12(19)13-7-5-8-14(11-13)15-9-6-10-18(15)16(20)21-17(2,3)4/h5,7-8,11,15H,6,9-10H2,1-4H3. The molecule has 0 spiro atoms. The Bertz CT molecular complexity index is 545. The number of Topliss-reactive ketones (excluding diaryl/α,β-unsaturated/α-hetero) is 1. The summed E-state index contributed by atoms with van der Waals surface area (Å²) in [7, 11) is 0. The Hall–Kier alpha value is -1.84. The van der Waals surface area contributed by atoms with Gasteiger partial charge in [-0.05, 0) is 52.2 Å². The molecule has 114 valence electrons. The Kier molecular flexibility index (Phi) is 4.35. The SMILES string of the molecule is CC(=O)c1cccc(C2CCCN2C(=O)OC(C)(C)C)c1. The summed E-state index contributed by atoms with van der Waals surface area (Å²) in [6, 6.07) is 7.53. The summed E-state index contributed by atoms with van der Waals surface area (Å²) >= 11 is 0. The number of benzene rings is 1. The molecular weight excluding hydrogens is 266 g/mol. The highest BCUT2D eigenvalue weighted by atomic mass is 16.6. The van der Waals surface area contributed by atoms with Gasteiger partial charge in [-0.1, -0.05) is 18.2 Å². The van der Waals surface area contributed by atoms with Gasteiger partial charge in [-0.2, -0.15) is 0 Å². The molecule has 4 heteroatoms. The Balaban J connectivity index is 2.20. The molecule has 4 nitrogen and oxygen atoms in total. The Morgan fingerprint density at radius 2 is 2.00 bits per heavy atom. The predicted octanol–water partition coefficient (Wildman–Crippen LogP) is 3.96. The van der Waals surface area contributed by atoms with Crippen molar-refractivity contribution in [1.29, 1.82) is 0 Å². The number of hydrogen-bond donors (Lipinski definition) is 0. The first-order valence-corrected chi connectivity index (χ1v) is 7.38. The molecule has 1 atom stereocenters. The second-order valence-corrected chi connectivity index (χ2v) is 6.51. The van der Waals surface area contributed by atoms with Crippen LogP contribution in [0, 0.1) is 0 Å². The molecule has 0 radical (unpaired) electrons. The van der Waals surface area contributed by atoms with Crippen LogP contribution in [-0.4, -0.2) is 28.9 Å². The molecule has 0 saturated carbocycles. The number of carbonyl (C=O) groups excluding carboxylic acids is 2. The van der Waals surface area contributed by atoms with Gasteiger partial charge in [0.05, 0.1) is 6.04 Å². The van der Waals surface area contributed by atoms with Crippen LogP contribution in [0.4, 0.5) is 4.79 Å². The second-order valence-electron chi connectivity index (χ2n) is 6.51. The molecule has 1 saturated heterocycles. The number of nitrogens with zero attached hydrogens (tertiary/aromatic N) is 1. The van der Waals surface area contributed by atoms with Gasteiger partial charge in [-0.25, -0.2) is 4.79 Å². The summed E-state index contributed by atoms with van der Waals surface area (Å²) in [6.07, 6.45) is 1.58. The number of ketones is 1. The van der Waals surface area contributed by atoms with E-state index in [0.717, 1.165) is 18.4 Å². The normalized spacial score (nSPS) is 18.7. The minimum atomic E-state index is -0.495. The topological polar surface area (TPSA) is 46.6 Å². The molecule has 0 aliphatic carbocycles. The predicted molar refractivity (Wildman–Crippen MR) is 81.4 cm³/mol. The average molecular weight is 289 g/mol. The van der Waals surface area contributed by atoms with E-state index < -0.39 is 5.60 Å². The molecule has 1 unspecified atom stereocenters. The third-order valence-electron chi connectivity index (χ3n) is 3.56. The van der Waals surface area contributed by atoms with Crippen molar-refractivity contribution in [3.63, 3.8) is 0 Å². The summed E-state index contributed by atoms with van der Waals surface area (Å²) < 4.78 is 5.47. The molecule has 1 amide bonds. The van der Waals surface area contributed by atoms with Crippen LogP contribution in [0.5, 0.6) is 0 Å². The lowest BCUT2D eigenvalue weighted by molar-refractivity contribution is 0.0224. The lowest BCUT2D eigenvalue weighted by Crippen LogP contribution is -2.36. The van der Waals surface area contributed by atoms with Crippen LogP contribution in [0.2, 0.25) is 0 Å². The Morgan fingerprint density at radius 3 is 2.62 bits per heavy atom. The molecule has 1 aromatic carbocycles. The van der Waals surface area contributed by atoms with Crippen molar-refractivity contribution in [2.75, 3.05) is 6.54 Å². The third-order valence-corrected chi connectivity index (χ3v) is 3.56. The molecule has 0 bridgehead atoms. The van der Waals surface area contributed by atoms with E-state index in [1.807, 2.05) is 39.0 Å². The van der Waals surface area contributed by atoms with Crippen molar-refractivity contribution in [3.05, 3.63) is 35.4 Å². The van der Waals surface area contributed by atoms with Crippen LogP contribution in [0.3, 0.4) is 0 Å². The van der Waals surface area contributed by atoms with E-state index in [9.17, 15) is 9.59 Å². The van der Waals surface area contributed by atoms with Gasteiger partial charge in [-0.15, -0.1) is 0 Å². The van der Waals surface area contributed by atoms with Gasteiger partial charge >= 0.3 is 6.09 Å². The molecule has 0 aromatic heterocycles. The Labute approximate surface area is 126 Å². The van der Waals surface area contributed by atoms with Crippen LogP contribution >= 0.6 is 0 Å². The van der Waals surface area contributed by atoms with E-state index in [-0.39, 0.29) is 17.9 Å². The van der Waals surface area contributed by atoms with Gasteiger partial charge in [-0.3, -0.25) is 4.79 Å². The van der Waals surface area contributed by atoms with Gasteiger partial charge in [0.25, 0.3) is 0 Å². The van der Waals surface area contributed by atoms with Crippen molar-refractivity contribution in [2.24, 2.45) is 0 Å². The zero-order valence-corrected chi connectivity index (χ0v) is 13.2. The van der Waals surface area contributed by atoms with Crippen LogP contribution in [0.15, 0.2) is 24.3 Å². The number of hydrogen-bond acceptors (Lipinski definition) is 3. The van der Waals surface area contributed by atoms with Gasteiger partial charge in [0.1, 0.15) is 5.60 Å². The molecule has 1 aliphatic heterocycles. The second kappa shape index (κ2) is 5.88. The lowest BCUT2D eigenvalue weighted by Gasteiger charge is -2.29. The molecule has 1 heterocycles. The highest BCUT2D eigenvalue weighted by Crippen LogP contribution is 2.33. The number of amides is 1. The summed E-state index contributed by atoms with van der Waals surface area (Å²) in [6.45, 7) is 7.86. The highest BCUT2D eigenvalue weighted by Gasteiger charge is 2.33. The first-order valence-electron chi connectivity index (χ1n) is 7.38. The van der Waals surface area contributed by atoms with Gasteiger partial charge < -0.3 is 9.64 Å². The zero-order chi connectivity index (χ0) is 15.6. The van der Waals surface area contributed by atoms with Crippen LogP contribution < -0.4 is 0 Å². The van der Waals surface area contributed by atoms with Crippen LogP contribution in [-0.2, 0) is 4.74 Å². The van der Waals surface area contributed by atoms with Crippen molar-refractivity contribution in [3.8, 4) is 0 Å². The molecule has 1 aliphatic rings. The fraction of sp³-hybridized carbons (Fsp3) is 0.529. The van der Waals surface area contributed by atoms with Gasteiger partial charge in [0, 0.05) is 12.1 Å². The zero-order valence-electron chi connectivity index (χ0n) is 13.2. The van der Waals surface area contributed by atoms with E-state index >= 15 is 0 Å². The largest absolute Gasteiger partial charge is 0.444 e. The summed E-state index contributed by atoms with van der Waals surface area (Å²) in [4.78, 5) is 25.6. The monoisotopic (exact) mass is 289 g/mol. The van der Waals surface area contributed by atoms with Crippen molar-refractivity contribution in [2.45, 2.75) is 52.2 Å². The average Bonchev–Trinajstić information content (AvgIpc) is 2.86. The highest BCUT2D eigenvalue weighted by molar-refractivity contribution is 5.94. The fourth-order valence-electron chi connectivity index (χ4n) is 2.62. The molecule has 1 aromatic rings. The quantitative estimate of drug-likeness (QED) is 0.774. The van der Waals surface area contributed by atoms with E-state index in [1.165, 1.54) is 0 Å². The van der Waals surface area contributed by atoms with E-state index in [4.69, 9.17) is 4.74 Å².